The van der Waals surface area contributed by atoms with Crippen LogP contribution in [0.2, 0.25) is 0 Å². The summed E-state index contributed by atoms with van der Waals surface area (Å²) < 4.78 is 18.4. The number of nitrogens with zero attached hydrogens (tertiary/aromatic N) is 6. The lowest BCUT2D eigenvalue weighted by Gasteiger charge is -2.26. The number of fused-ring (bicyclic) bond motifs is 2. The number of amides is 1. The molecule has 0 unspecified atom stereocenters. The number of morpholine rings is 1. The van der Waals surface area contributed by atoms with E-state index < -0.39 is 5.91 Å². The first-order valence-corrected chi connectivity index (χ1v) is 13.9. The van der Waals surface area contributed by atoms with Gasteiger partial charge in [0.05, 0.1) is 30.9 Å². The molecule has 11 nitrogen and oxygen atoms in total. The normalized spacial score (nSPS) is 13.7. The van der Waals surface area contributed by atoms with Crippen molar-refractivity contribution >= 4 is 33.5 Å². The third-order valence-electron chi connectivity index (χ3n) is 7.23. The Morgan fingerprint density at radius 2 is 1.88 bits per heavy atom. The van der Waals surface area contributed by atoms with E-state index in [0.717, 1.165) is 72.6 Å². The molecule has 0 radical (unpaired) electrons. The zero-order valence-corrected chi connectivity index (χ0v) is 23.4. The third-order valence-corrected chi connectivity index (χ3v) is 7.23. The van der Waals surface area contributed by atoms with E-state index in [-0.39, 0.29) is 0 Å². The van der Waals surface area contributed by atoms with Crippen LogP contribution in [0.5, 0.6) is 5.75 Å². The number of rotatable bonds is 10. The third kappa shape index (κ3) is 6.45. The van der Waals surface area contributed by atoms with Gasteiger partial charge in [-0.05, 0) is 48.5 Å². The lowest BCUT2D eigenvalue weighted by atomic mass is 10.1. The van der Waals surface area contributed by atoms with Crippen molar-refractivity contribution in [3.63, 3.8) is 0 Å². The Bertz CT molecular complexity index is 1750. The molecule has 0 aliphatic carbocycles. The van der Waals surface area contributed by atoms with Crippen molar-refractivity contribution in [2.24, 2.45) is 10.2 Å². The molecule has 1 N–H and O–H groups in total. The fraction of sp³-hybridized carbons (Fsp3) is 0.290. The highest BCUT2D eigenvalue weighted by molar-refractivity contribution is 5.95. The van der Waals surface area contributed by atoms with Gasteiger partial charge in [0, 0.05) is 67.6 Å². The Hall–Kier alpha value is -4.67. The van der Waals surface area contributed by atoms with Crippen LogP contribution in [0.1, 0.15) is 10.4 Å². The molecule has 1 amide bonds. The molecule has 0 spiro atoms. The fourth-order valence-corrected chi connectivity index (χ4v) is 4.92. The summed E-state index contributed by atoms with van der Waals surface area (Å²) in [4.78, 5) is 26.8. The van der Waals surface area contributed by atoms with Gasteiger partial charge in [0.1, 0.15) is 18.2 Å². The highest BCUT2D eigenvalue weighted by Gasteiger charge is 2.13. The van der Waals surface area contributed by atoms with Crippen LogP contribution in [-0.4, -0.2) is 78.5 Å². The van der Waals surface area contributed by atoms with Crippen molar-refractivity contribution in [1.82, 2.24) is 24.3 Å². The first-order valence-electron chi connectivity index (χ1n) is 13.9. The number of H-pyrrole nitrogens is 1. The first-order chi connectivity index (χ1) is 20.7. The number of nitrogens with one attached hydrogen (secondary N) is 1. The molecule has 0 bridgehead atoms. The smallest absolute Gasteiger partial charge is 0.360 e. The second-order valence-electron chi connectivity index (χ2n) is 9.98. The van der Waals surface area contributed by atoms with E-state index in [1.165, 1.54) is 0 Å². The highest BCUT2D eigenvalue weighted by atomic mass is 16.5. The Morgan fingerprint density at radius 1 is 1.02 bits per heavy atom. The molecular formula is C31H32N7O4+. The first kappa shape index (κ1) is 27.5. The molecule has 0 atom stereocenters. The highest BCUT2D eigenvalue weighted by Crippen LogP contribution is 2.25. The van der Waals surface area contributed by atoms with E-state index in [4.69, 9.17) is 14.2 Å². The molecule has 1 aliphatic rings. The van der Waals surface area contributed by atoms with Crippen LogP contribution in [0.25, 0.3) is 33.3 Å². The standard InChI is InChI=1S/C31H31N7O4/c1-40-18-19-42-26-7-8-27-28(21-26)33-30(32-27)22-2-4-23(5-3-22)31(39)35-36-34-25-6-9-29-24(20-25)10-11-38(29)13-12-37-14-16-41-17-15-37/h2-11,20-21H,12-19H2,1H3/p+1. The van der Waals surface area contributed by atoms with Gasteiger partial charge in [0.15, 0.2) is 10.8 Å². The molecule has 1 fully saturated rings. The van der Waals surface area contributed by atoms with Crippen LogP contribution in [0.15, 0.2) is 83.2 Å². The van der Waals surface area contributed by atoms with Crippen molar-refractivity contribution in [1.29, 1.82) is 0 Å². The number of hydrogen-bond acceptors (Lipinski definition) is 7. The Morgan fingerprint density at radius 3 is 2.71 bits per heavy atom. The van der Waals surface area contributed by atoms with E-state index in [1.807, 2.05) is 48.5 Å². The quantitative estimate of drug-likeness (QED) is 0.145. The minimum atomic E-state index is -0.469. The molecule has 11 heteroatoms. The summed E-state index contributed by atoms with van der Waals surface area (Å²) in [7, 11) is 1.64. The summed E-state index contributed by atoms with van der Waals surface area (Å²) in [6, 6.07) is 20.7. The van der Waals surface area contributed by atoms with Gasteiger partial charge in [-0.3, -0.25) is 9.69 Å². The molecule has 3 aromatic carbocycles. The van der Waals surface area contributed by atoms with E-state index >= 15 is 0 Å². The molecule has 214 valence electrons. The minimum absolute atomic E-state index is 0.412. The van der Waals surface area contributed by atoms with Crippen LogP contribution >= 0.6 is 0 Å². The van der Waals surface area contributed by atoms with Gasteiger partial charge in [-0.25, -0.2) is 4.98 Å². The molecule has 0 saturated carbocycles. The molecule has 42 heavy (non-hydrogen) atoms. The monoisotopic (exact) mass is 566 g/mol. The number of methoxy groups -OCH3 is 1. The van der Waals surface area contributed by atoms with Gasteiger partial charge >= 0.3 is 5.91 Å². The lowest BCUT2D eigenvalue weighted by Crippen LogP contribution is -2.38. The van der Waals surface area contributed by atoms with E-state index in [9.17, 15) is 4.79 Å². The van der Waals surface area contributed by atoms with Gasteiger partial charge < -0.3 is 23.8 Å². The maximum Gasteiger partial charge on any atom is 0.360 e. The van der Waals surface area contributed by atoms with E-state index in [2.05, 4.69) is 46.8 Å². The van der Waals surface area contributed by atoms with Gasteiger partial charge in [0.2, 0.25) is 10.0 Å². The molecule has 3 heterocycles. The summed E-state index contributed by atoms with van der Waals surface area (Å²) in [6.45, 7) is 6.45. The Labute approximate surface area is 242 Å². The molecule has 5 aromatic rings. The zero-order chi connectivity index (χ0) is 28.7. The molecule has 2 aromatic heterocycles. The van der Waals surface area contributed by atoms with Crippen LogP contribution in [0.3, 0.4) is 0 Å². The topological polar surface area (TPSA) is 120 Å². The molecule has 1 aliphatic heterocycles. The second kappa shape index (κ2) is 12.9. The summed E-state index contributed by atoms with van der Waals surface area (Å²) in [5.41, 5.74) is 4.71. The Kier molecular flexibility index (Phi) is 8.43. The molecular weight excluding hydrogens is 534 g/mol. The van der Waals surface area contributed by atoms with Gasteiger partial charge in [0.25, 0.3) is 0 Å². The number of aromatic amines is 1. The number of aromatic nitrogens is 3. The summed E-state index contributed by atoms with van der Waals surface area (Å²) in [5.74, 6) is 0.965. The zero-order valence-electron chi connectivity index (χ0n) is 23.4. The lowest BCUT2D eigenvalue weighted by molar-refractivity contribution is 0.0365. The van der Waals surface area contributed by atoms with Crippen LogP contribution in [0.4, 0.5) is 5.69 Å². The minimum Gasteiger partial charge on any atom is -0.491 e. The largest absolute Gasteiger partial charge is 0.491 e. The number of carbonyl (C=O) groups is 1. The summed E-state index contributed by atoms with van der Waals surface area (Å²) >= 11 is 0. The second-order valence-corrected chi connectivity index (χ2v) is 9.98. The van der Waals surface area contributed by atoms with E-state index in [0.29, 0.717) is 30.3 Å². The molecule has 6 rings (SSSR count). The van der Waals surface area contributed by atoms with Gasteiger partial charge in [-0.15, -0.1) is 0 Å². The van der Waals surface area contributed by atoms with Crippen LogP contribution in [0, 0.1) is 0 Å². The van der Waals surface area contributed by atoms with Crippen LogP contribution < -0.4 is 9.65 Å². The number of hydrogen-bond donors (Lipinski definition) is 1. The van der Waals surface area contributed by atoms with Crippen molar-refractivity contribution in [3.05, 3.63) is 78.5 Å². The Balaban J connectivity index is 1.08. The summed E-state index contributed by atoms with van der Waals surface area (Å²) in [6.07, 6.45) is 2.09. The number of imidazole rings is 1. The average Bonchev–Trinajstić information content (AvgIpc) is 3.64. The number of benzene rings is 3. The van der Waals surface area contributed by atoms with Crippen molar-refractivity contribution < 1.29 is 19.0 Å². The number of ether oxygens (including phenoxy) is 3. The van der Waals surface area contributed by atoms with Gasteiger partial charge in [-0.2, -0.15) is 0 Å². The van der Waals surface area contributed by atoms with Crippen molar-refractivity contribution in [3.8, 4) is 17.1 Å². The summed E-state index contributed by atoms with van der Waals surface area (Å²) in [5, 5.41) is 9.00. The van der Waals surface area contributed by atoms with Gasteiger partial charge in [-0.1, -0.05) is 12.1 Å². The van der Waals surface area contributed by atoms with Crippen molar-refractivity contribution in [2.75, 3.05) is 53.2 Å². The maximum absolute atomic E-state index is 12.6. The fourth-order valence-electron chi connectivity index (χ4n) is 4.92. The maximum atomic E-state index is 12.6. The predicted molar refractivity (Wildman–Crippen MR) is 159 cm³/mol. The van der Waals surface area contributed by atoms with Crippen molar-refractivity contribution in [2.45, 2.75) is 6.54 Å². The SMILES string of the molecule is COCCOc1ccc2nc(-c3ccc(C(=O)N=[N+]=Nc4ccc5c(ccn5CCN5CCOCC5)c4)cc3)[nH]c2c1. The number of carbonyl (C=O) groups excluding carboxylic acids is 1. The van der Waals surface area contributed by atoms with Crippen LogP contribution in [-0.2, 0) is 16.0 Å². The molecule has 1 saturated heterocycles. The average molecular weight is 567 g/mol. The predicted octanol–water partition coefficient (Wildman–Crippen LogP) is 4.99. The van der Waals surface area contributed by atoms with E-state index in [1.54, 1.807) is 19.2 Å².